The Morgan fingerprint density at radius 3 is 2.59 bits per heavy atom. The molecule has 0 aromatic rings. The molecule has 1 N–H and O–H groups in total. The third-order valence-electron chi connectivity index (χ3n) is 3.92. The molecular formula is C14H24N2S. The van der Waals surface area contributed by atoms with Crippen molar-refractivity contribution in [3.63, 3.8) is 0 Å². The Balaban J connectivity index is 1.60. The van der Waals surface area contributed by atoms with Gasteiger partial charge in [-0.2, -0.15) is 17.0 Å². The second kappa shape index (κ2) is 6.11. The van der Waals surface area contributed by atoms with Gasteiger partial charge >= 0.3 is 0 Å². The summed E-state index contributed by atoms with van der Waals surface area (Å²) < 4.78 is 0. The van der Waals surface area contributed by atoms with Crippen LogP contribution in [0.3, 0.4) is 0 Å². The lowest BCUT2D eigenvalue weighted by atomic mass is 10.0. The summed E-state index contributed by atoms with van der Waals surface area (Å²) in [6, 6.07) is 3.08. The monoisotopic (exact) mass is 252 g/mol. The lowest BCUT2D eigenvalue weighted by molar-refractivity contribution is 0.433. The minimum absolute atomic E-state index is 0.288. The summed E-state index contributed by atoms with van der Waals surface area (Å²) in [5.74, 6) is 3.40. The smallest absolute Gasteiger partial charge is 0.104 e. The van der Waals surface area contributed by atoms with Crippen molar-refractivity contribution in [3.05, 3.63) is 0 Å². The number of hydrogen-bond donors (Lipinski definition) is 1. The van der Waals surface area contributed by atoms with Gasteiger partial charge in [-0.15, -0.1) is 0 Å². The summed E-state index contributed by atoms with van der Waals surface area (Å²) in [4.78, 5) is 0. The normalized spacial score (nSPS) is 24.5. The molecule has 2 aliphatic carbocycles. The minimum Gasteiger partial charge on any atom is -0.297 e. The first-order valence-corrected chi connectivity index (χ1v) is 8.14. The maximum absolute atomic E-state index is 9.25. The molecule has 0 aromatic carbocycles. The zero-order valence-electron chi connectivity index (χ0n) is 10.9. The van der Waals surface area contributed by atoms with Crippen molar-refractivity contribution in [2.45, 2.75) is 63.5 Å². The third-order valence-corrected chi connectivity index (χ3v) is 5.12. The van der Waals surface area contributed by atoms with Gasteiger partial charge in [0.05, 0.1) is 6.07 Å². The van der Waals surface area contributed by atoms with Crippen LogP contribution in [0.5, 0.6) is 0 Å². The van der Waals surface area contributed by atoms with Crippen LogP contribution in [0.4, 0.5) is 0 Å². The number of nitriles is 1. The van der Waals surface area contributed by atoms with E-state index in [9.17, 15) is 5.26 Å². The molecule has 0 saturated heterocycles. The first-order valence-electron chi connectivity index (χ1n) is 6.98. The van der Waals surface area contributed by atoms with Crippen LogP contribution >= 0.6 is 11.8 Å². The van der Waals surface area contributed by atoms with Crippen molar-refractivity contribution in [2.75, 3.05) is 11.5 Å². The Hall–Kier alpha value is -0.200. The lowest BCUT2D eigenvalue weighted by Gasteiger charge is -2.23. The van der Waals surface area contributed by atoms with Gasteiger partial charge in [0, 0.05) is 6.04 Å². The molecule has 0 bridgehead atoms. The average Bonchev–Trinajstić information content (AvgIpc) is 2.97. The molecule has 0 spiro atoms. The molecule has 3 heteroatoms. The second-order valence-electron chi connectivity index (χ2n) is 5.84. The van der Waals surface area contributed by atoms with Gasteiger partial charge in [0.1, 0.15) is 5.54 Å². The Kier molecular flexibility index (Phi) is 4.76. The van der Waals surface area contributed by atoms with Gasteiger partial charge < -0.3 is 0 Å². The third kappa shape index (κ3) is 4.52. The highest BCUT2D eigenvalue weighted by Crippen LogP contribution is 2.29. The molecule has 17 heavy (non-hydrogen) atoms. The van der Waals surface area contributed by atoms with Crippen molar-refractivity contribution in [2.24, 2.45) is 5.92 Å². The number of nitrogens with zero attached hydrogens (tertiary/aromatic N) is 1. The Morgan fingerprint density at radius 2 is 2.00 bits per heavy atom. The van der Waals surface area contributed by atoms with Crippen molar-refractivity contribution in [1.29, 1.82) is 5.26 Å². The Bertz CT molecular complexity index is 276. The van der Waals surface area contributed by atoms with Gasteiger partial charge in [0.25, 0.3) is 0 Å². The standard InChI is InChI=1S/C14H24N2S/c1-14(11-15,16-13-6-7-13)8-9-17-10-12-4-2-3-5-12/h12-13,16H,2-10H2,1H3. The van der Waals surface area contributed by atoms with Crippen LogP contribution in [0, 0.1) is 17.2 Å². The molecule has 0 aliphatic heterocycles. The van der Waals surface area contributed by atoms with E-state index in [2.05, 4.69) is 18.3 Å². The van der Waals surface area contributed by atoms with Crippen LogP contribution in [0.1, 0.15) is 51.9 Å². The van der Waals surface area contributed by atoms with Gasteiger partial charge in [-0.25, -0.2) is 0 Å². The molecule has 0 amide bonds. The highest BCUT2D eigenvalue weighted by atomic mass is 32.2. The van der Waals surface area contributed by atoms with E-state index in [-0.39, 0.29) is 5.54 Å². The SMILES string of the molecule is CC(C#N)(CCSCC1CCCC1)NC1CC1. The summed E-state index contributed by atoms with van der Waals surface area (Å²) in [7, 11) is 0. The molecule has 1 unspecified atom stereocenters. The van der Waals surface area contributed by atoms with Gasteiger partial charge in [-0.1, -0.05) is 12.8 Å². The van der Waals surface area contributed by atoms with Crippen LogP contribution in [-0.4, -0.2) is 23.1 Å². The van der Waals surface area contributed by atoms with Crippen LogP contribution < -0.4 is 5.32 Å². The molecule has 2 fully saturated rings. The summed E-state index contributed by atoms with van der Waals surface area (Å²) in [6.45, 7) is 2.06. The predicted molar refractivity (Wildman–Crippen MR) is 74.1 cm³/mol. The molecule has 2 rings (SSSR count). The van der Waals surface area contributed by atoms with Crippen molar-refractivity contribution < 1.29 is 0 Å². The highest BCUT2D eigenvalue weighted by molar-refractivity contribution is 7.99. The summed E-state index contributed by atoms with van der Waals surface area (Å²) >= 11 is 2.05. The quantitative estimate of drug-likeness (QED) is 0.706. The molecule has 2 aliphatic rings. The van der Waals surface area contributed by atoms with E-state index in [1.807, 2.05) is 11.8 Å². The Labute approximate surface area is 110 Å². The van der Waals surface area contributed by atoms with E-state index < -0.39 is 0 Å². The minimum atomic E-state index is -0.288. The topological polar surface area (TPSA) is 35.8 Å². The van der Waals surface area contributed by atoms with E-state index in [0.717, 1.165) is 18.1 Å². The fourth-order valence-electron chi connectivity index (χ4n) is 2.54. The van der Waals surface area contributed by atoms with Gasteiger partial charge in [-0.05, 0) is 56.5 Å². The molecule has 2 saturated carbocycles. The van der Waals surface area contributed by atoms with Crippen molar-refractivity contribution in [1.82, 2.24) is 5.32 Å². The largest absolute Gasteiger partial charge is 0.297 e. The lowest BCUT2D eigenvalue weighted by Crippen LogP contribution is -2.42. The molecular weight excluding hydrogens is 228 g/mol. The van der Waals surface area contributed by atoms with E-state index in [1.54, 1.807) is 0 Å². The maximum atomic E-state index is 9.25. The molecule has 1 atom stereocenters. The zero-order valence-corrected chi connectivity index (χ0v) is 11.7. The number of rotatable bonds is 7. The fourth-order valence-corrected chi connectivity index (χ4v) is 3.93. The number of thioether (sulfide) groups is 1. The molecule has 2 nitrogen and oxygen atoms in total. The van der Waals surface area contributed by atoms with Crippen LogP contribution in [-0.2, 0) is 0 Å². The maximum Gasteiger partial charge on any atom is 0.104 e. The highest BCUT2D eigenvalue weighted by Gasteiger charge is 2.32. The molecule has 0 aromatic heterocycles. The van der Waals surface area contributed by atoms with Gasteiger partial charge in [-0.3, -0.25) is 5.32 Å². The molecule has 0 heterocycles. The average molecular weight is 252 g/mol. The van der Waals surface area contributed by atoms with E-state index in [4.69, 9.17) is 0 Å². The second-order valence-corrected chi connectivity index (χ2v) is 6.99. The van der Waals surface area contributed by atoms with Crippen molar-refractivity contribution >= 4 is 11.8 Å². The summed E-state index contributed by atoms with van der Waals surface area (Å²) in [5.41, 5.74) is -0.288. The first-order chi connectivity index (χ1) is 8.22. The fraction of sp³-hybridized carbons (Fsp3) is 0.929. The number of hydrogen-bond acceptors (Lipinski definition) is 3. The van der Waals surface area contributed by atoms with Gasteiger partial charge in [0.15, 0.2) is 0 Å². The van der Waals surface area contributed by atoms with E-state index in [1.165, 1.54) is 44.3 Å². The molecule has 96 valence electrons. The molecule has 0 radical (unpaired) electrons. The van der Waals surface area contributed by atoms with Gasteiger partial charge in [0.2, 0.25) is 0 Å². The summed E-state index contributed by atoms with van der Waals surface area (Å²) in [6.07, 6.45) is 9.23. The summed E-state index contributed by atoms with van der Waals surface area (Å²) in [5, 5.41) is 12.7. The first kappa shape index (κ1) is 13.2. The van der Waals surface area contributed by atoms with E-state index in [0.29, 0.717) is 6.04 Å². The zero-order chi connectivity index (χ0) is 12.1. The van der Waals surface area contributed by atoms with Crippen LogP contribution in [0.2, 0.25) is 0 Å². The number of nitrogens with one attached hydrogen (secondary N) is 1. The van der Waals surface area contributed by atoms with Crippen LogP contribution in [0.25, 0.3) is 0 Å². The van der Waals surface area contributed by atoms with E-state index >= 15 is 0 Å². The predicted octanol–water partition coefficient (Wildman–Crippen LogP) is 3.33. The Morgan fingerprint density at radius 1 is 1.29 bits per heavy atom. The van der Waals surface area contributed by atoms with Crippen LogP contribution in [0.15, 0.2) is 0 Å². The van der Waals surface area contributed by atoms with Crippen molar-refractivity contribution in [3.8, 4) is 6.07 Å².